The van der Waals surface area contributed by atoms with E-state index in [0.717, 1.165) is 6.07 Å². The highest BCUT2D eigenvalue weighted by molar-refractivity contribution is 7.89. The molecule has 0 spiro atoms. The molecule has 0 aliphatic heterocycles. The van der Waals surface area contributed by atoms with E-state index < -0.39 is 15.8 Å². The Balaban J connectivity index is 3.21. The summed E-state index contributed by atoms with van der Waals surface area (Å²) in [6.45, 7) is 8.08. The van der Waals surface area contributed by atoms with Crippen LogP contribution in [0.25, 0.3) is 0 Å². The van der Waals surface area contributed by atoms with Crippen LogP contribution in [0.4, 0.5) is 4.39 Å². The number of sulfonamides is 1. The molecule has 0 bridgehead atoms. The van der Waals surface area contributed by atoms with Gasteiger partial charge in [0.15, 0.2) is 0 Å². The van der Waals surface area contributed by atoms with Crippen molar-refractivity contribution in [3.63, 3.8) is 0 Å². The minimum absolute atomic E-state index is 0.151. The van der Waals surface area contributed by atoms with Gasteiger partial charge in [-0.15, -0.1) is 0 Å². The first kappa shape index (κ1) is 18.1. The molecule has 1 rings (SSSR count). The molecule has 0 fully saturated rings. The van der Waals surface area contributed by atoms with Crippen LogP contribution in [0.5, 0.6) is 0 Å². The quantitative estimate of drug-likeness (QED) is 0.841. The number of nitrogens with zero attached hydrogens (tertiary/aromatic N) is 1. The maximum Gasteiger partial charge on any atom is 0.246 e. The van der Waals surface area contributed by atoms with Gasteiger partial charge in [0.2, 0.25) is 10.0 Å². The first-order valence-electron chi connectivity index (χ1n) is 7.08. The molecule has 0 radical (unpaired) electrons. The van der Waals surface area contributed by atoms with E-state index in [4.69, 9.17) is 5.11 Å². The van der Waals surface area contributed by atoms with Gasteiger partial charge in [0.05, 0.1) is 6.61 Å². The predicted molar refractivity (Wildman–Crippen MR) is 80.8 cm³/mol. The lowest BCUT2D eigenvalue weighted by Crippen LogP contribution is -2.37. The van der Waals surface area contributed by atoms with Crippen LogP contribution in [-0.2, 0) is 16.6 Å². The Morgan fingerprint density at radius 1 is 1.14 bits per heavy atom. The molecular formula is C15H24FNO3S. The van der Waals surface area contributed by atoms with E-state index in [1.807, 2.05) is 27.7 Å². The molecule has 1 aromatic carbocycles. The predicted octanol–water partition coefficient (Wildman–Crippen LogP) is 2.62. The highest BCUT2D eigenvalue weighted by Gasteiger charge is 2.28. The third-order valence-corrected chi connectivity index (χ3v) is 4.80. The largest absolute Gasteiger partial charge is 0.392 e. The van der Waals surface area contributed by atoms with Gasteiger partial charge in [-0.05, 0) is 29.5 Å². The number of hydrogen-bond acceptors (Lipinski definition) is 3. The van der Waals surface area contributed by atoms with E-state index in [2.05, 4.69) is 0 Å². The Hall–Kier alpha value is -0.980. The van der Waals surface area contributed by atoms with E-state index >= 15 is 0 Å². The maximum absolute atomic E-state index is 14.1. The van der Waals surface area contributed by atoms with Crippen LogP contribution < -0.4 is 0 Å². The summed E-state index contributed by atoms with van der Waals surface area (Å²) in [6.07, 6.45) is 0. The molecule has 0 aliphatic carbocycles. The van der Waals surface area contributed by atoms with Crippen molar-refractivity contribution in [1.82, 2.24) is 4.31 Å². The molecular weight excluding hydrogens is 293 g/mol. The molecule has 1 N–H and O–H groups in total. The summed E-state index contributed by atoms with van der Waals surface area (Å²) in [5.74, 6) is -0.518. The van der Waals surface area contributed by atoms with Crippen molar-refractivity contribution in [2.45, 2.75) is 39.2 Å². The molecule has 6 heteroatoms. The molecule has 1 aromatic rings. The fraction of sp³-hybridized carbons (Fsp3) is 0.600. The Morgan fingerprint density at radius 2 is 1.67 bits per heavy atom. The van der Waals surface area contributed by atoms with Crippen LogP contribution >= 0.6 is 0 Å². The van der Waals surface area contributed by atoms with Gasteiger partial charge in [0.1, 0.15) is 10.7 Å². The summed E-state index contributed by atoms with van der Waals surface area (Å²) < 4.78 is 40.7. The number of rotatable bonds is 7. The lowest BCUT2D eigenvalue weighted by Gasteiger charge is -2.25. The Bertz CT molecular complexity index is 560. The molecule has 120 valence electrons. The number of benzene rings is 1. The number of hydrogen-bond donors (Lipinski definition) is 1. The molecule has 0 heterocycles. The van der Waals surface area contributed by atoms with Gasteiger partial charge in [-0.2, -0.15) is 4.31 Å². The van der Waals surface area contributed by atoms with Crippen molar-refractivity contribution in [3.8, 4) is 0 Å². The van der Waals surface area contributed by atoms with Gasteiger partial charge in [-0.1, -0.05) is 33.8 Å². The van der Waals surface area contributed by atoms with Gasteiger partial charge in [-0.3, -0.25) is 0 Å². The van der Waals surface area contributed by atoms with Crippen LogP contribution in [0.15, 0.2) is 23.1 Å². The third-order valence-electron chi connectivity index (χ3n) is 2.93. The summed E-state index contributed by atoms with van der Waals surface area (Å²) in [5.41, 5.74) is 0.353. The summed E-state index contributed by atoms with van der Waals surface area (Å²) in [7, 11) is -3.87. The second-order valence-corrected chi connectivity index (χ2v) is 7.94. The highest BCUT2D eigenvalue weighted by Crippen LogP contribution is 2.22. The van der Waals surface area contributed by atoms with Gasteiger partial charge < -0.3 is 5.11 Å². The lowest BCUT2D eigenvalue weighted by molar-refractivity contribution is 0.281. The second-order valence-electron chi connectivity index (χ2n) is 6.03. The van der Waals surface area contributed by atoms with Crippen LogP contribution in [0.3, 0.4) is 0 Å². The average molecular weight is 317 g/mol. The molecule has 21 heavy (non-hydrogen) atoms. The van der Waals surface area contributed by atoms with Crippen molar-refractivity contribution >= 4 is 10.0 Å². The summed E-state index contributed by atoms with van der Waals surface area (Å²) in [6, 6.07) is 3.72. The fourth-order valence-electron chi connectivity index (χ4n) is 2.08. The van der Waals surface area contributed by atoms with Crippen LogP contribution in [0, 0.1) is 17.7 Å². The minimum atomic E-state index is -3.87. The van der Waals surface area contributed by atoms with Gasteiger partial charge in [0.25, 0.3) is 0 Å². The van der Waals surface area contributed by atoms with Gasteiger partial charge >= 0.3 is 0 Å². The zero-order valence-corrected chi connectivity index (χ0v) is 13.8. The van der Waals surface area contributed by atoms with E-state index in [-0.39, 0.29) is 23.3 Å². The summed E-state index contributed by atoms with van der Waals surface area (Å²) in [4.78, 5) is -0.332. The van der Waals surface area contributed by atoms with Crippen LogP contribution in [-0.4, -0.2) is 30.9 Å². The van der Waals surface area contributed by atoms with Crippen molar-refractivity contribution in [1.29, 1.82) is 0 Å². The zero-order chi connectivity index (χ0) is 16.2. The molecule has 0 unspecified atom stereocenters. The number of aliphatic hydroxyl groups excluding tert-OH is 1. The maximum atomic E-state index is 14.1. The van der Waals surface area contributed by atoms with Crippen LogP contribution in [0.1, 0.15) is 33.3 Å². The minimum Gasteiger partial charge on any atom is -0.392 e. The summed E-state index contributed by atoms with van der Waals surface area (Å²) in [5, 5.41) is 8.98. The van der Waals surface area contributed by atoms with E-state index in [1.54, 1.807) is 0 Å². The Morgan fingerprint density at radius 3 is 2.05 bits per heavy atom. The standard InChI is InChI=1S/C15H24FNO3S/c1-11(2)8-17(9-12(3)4)21(19,20)15-6-5-13(10-18)7-14(15)16/h5-7,11-12,18H,8-10H2,1-4H3. The fourth-order valence-corrected chi connectivity index (χ4v) is 3.89. The van der Waals surface area contributed by atoms with E-state index in [9.17, 15) is 12.8 Å². The molecule has 4 nitrogen and oxygen atoms in total. The lowest BCUT2D eigenvalue weighted by atomic mass is 10.2. The SMILES string of the molecule is CC(C)CN(CC(C)C)S(=O)(=O)c1ccc(CO)cc1F. The van der Waals surface area contributed by atoms with Gasteiger partial charge in [-0.25, -0.2) is 12.8 Å². The number of aliphatic hydroxyl groups is 1. The first-order chi connectivity index (χ1) is 9.68. The van der Waals surface area contributed by atoms with Crippen molar-refractivity contribution in [2.75, 3.05) is 13.1 Å². The molecule has 0 aliphatic rings. The molecule has 0 saturated carbocycles. The second kappa shape index (κ2) is 7.33. The Kier molecular flexibility index (Phi) is 6.31. The molecule has 0 atom stereocenters. The number of halogens is 1. The van der Waals surface area contributed by atoms with E-state index in [0.29, 0.717) is 18.7 Å². The van der Waals surface area contributed by atoms with Crippen molar-refractivity contribution in [2.24, 2.45) is 11.8 Å². The van der Waals surface area contributed by atoms with Crippen molar-refractivity contribution in [3.05, 3.63) is 29.6 Å². The van der Waals surface area contributed by atoms with E-state index in [1.165, 1.54) is 16.4 Å². The molecule has 0 amide bonds. The smallest absolute Gasteiger partial charge is 0.246 e. The Labute approximate surface area is 126 Å². The molecule has 0 saturated heterocycles. The monoisotopic (exact) mass is 317 g/mol. The first-order valence-corrected chi connectivity index (χ1v) is 8.52. The topological polar surface area (TPSA) is 57.6 Å². The average Bonchev–Trinajstić information content (AvgIpc) is 2.36. The van der Waals surface area contributed by atoms with Crippen LogP contribution in [0.2, 0.25) is 0 Å². The van der Waals surface area contributed by atoms with Crippen molar-refractivity contribution < 1.29 is 17.9 Å². The normalized spacial score (nSPS) is 12.6. The third kappa shape index (κ3) is 4.76. The zero-order valence-electron chi connectivity index (χ0n) is 13.0. The highest BCUT2D eigenvalue weighted by atomic mass is 32.2. The van der Waals surface area contributed by atoms with Gasteiger partial charge in [0, 0.05) is 13.1 Å². The summed E-state index contributed by atoms with van der Waals surface area (Å²) >= 11 is 0. The molecule has 0 aromatic heterocycles.